The van der Waals surface area contributed by atoms with Crippen LogP contribution in [0.5, 0.6) is 17.2 Å². The Balaban J connectivity index is 2.31. The van der Waals surface area contributed by atoms with Crippen molar-refractivity contribution >= 4 is 0 Å². The molecule has 2 aromatic rings. The normalized spacial score (nSPS) is 9.21. The van der Waals surface area contributed by atoms with Crippen LogP contribution in [0.25, 0.3) is 0 Å². The number of benzene rings is 2. The molecule has 0 amide bonds. The molecule has 4 nitrogen and oxygen atoms in total. The molecule has 0 saturated carbocycles. The summed E-state index contributed by atoms with van der Waals surface area (Å²) in [5.41, 5.74) is 1.05. The predicted octanol–water partition coefficient (Wildman–Crippen LogP) is 3.23. The summed E-state index contributed by atoms with van der Waals surface area (Å²) in [6, 6.07) is 15.7. The van der Waals surface area contributed by atoms with E-state index in [9.17, 15) is 0 Å². The summed E-state index contributed by atoms with van der Waals surface area (Å²) in [6.45, 7) is 0. The second-order valence-corrected chi connectivity index (χ2v) is 3.72. The van der Waals surface area contributed by atoms with Gasteiger partial charge in [-0.1, -0.05) is 0 Å². The minimum atomic E-state index is 0.464. The van der Waals surface area contributed by atoms with Crippen molar-refractivity contribution in [2.24, 2.45) is 0 Å². The first-order valence-electron chi connectivity index (χ1n) is 5.53. The van der Waals surface area contributed by atoms with E-state index in [1.165, 1.54) is 7.11 Å². The highest BCUT2D eigenvalue weighted by Crippen LogP contribution is 2.32. The molecule has 19 heavy (non-hydrogen) atoms. The first kappa shape index (κ1) is 12.5. The second kappa shape index (κ2) is 5.57. The van der Waals surface area contributed by atoms with Crippen LogP contribution < -0.4 is 9.47 Å². The lowest BCUT2D eigenvalue weighted by Crippen LogP contribution is -1.91. The van der Waals surface area contributed by atoms with Crippen molar-refractivity contribution in [1.82, 2.24) is 0 Å². The van der Waals surface area contributed by atoms with Crippen LogP contribution in [0, 0.1) is 22.7 Å². The SMILES string of the molecule is COc1ccc(C#N)cc1Oc1ccc(C#N)cc1. The highest BCUT2D eigenvalue weighted by atomic mass is 16.5. The van der Waals surface area contributed by atoms with Crippen LogP contribution in [-0.4, -0.2) is 7.11 Å². The summed E-state index contributed by atoms with van der Waals surface area (Å²) >= 11 is 0. The van der Waals surface area contributed by atoms with Gasteiger partial charge in [0.05, 0.1) is 30.4 Å². The van der Waals surface area contributed by atoms with Crippen LogP contribution in [0.1, 0.15) is 11.1 Å². The smallest absolute Gasteiger partial charge is 0.170 e. The number of hydrogen-bond acceptors (Lipinski definition) is 4. The molecule has 0 heterocycles. The third-order valence-electron chi connectivity index (χ3n) is 2.50. The average Bonchev–Trinajstić information content (AvgIpc) is 2.48. The zero-order valence-corrected chi connectivity index (χ0v) is 10.3. The van der Waals surface area contributed by atoms with Gasteiger partial charge in [0, 0.05) is 6.07 Å². The molecular weight excluding hydrogens is 240 g/mol. The number of nitrogens with zero attached hydrogens (tertiary/aromatic N) is 2. The first-order valence-corrected chi connectivity index (χ1v) is 5.53. The Morgan fingerprint density at radius 1 is 0.842 bits per heavy atom. The molecule has 0 radical (unpaired) electrons. The lowest BCUT2D eigenvalue weighted by atomic mass is 10.2. The summed E-state index contributed by atoms with van der Waals surface area (Å²) in [5.74, 6) is 1.59. The van der Waals surface area contributed by atoms with Gasteiger partial charge in [-0.2, -0.15) is 10.5 Å². The summed E-state index contributed by atoms with van der Waals surface area (Å²) in [5, 5.41) is 17.6. The van der Waals surface area contributed by atoms with E-state index in [4.69, 9.17) is 20.0 Å². The lowest BCUT2D eigenvalue weighted by molar-refractivity contribution is 0.379. The quantitative estimate of drug-likeness (QED) is 0.838. The van der Waals surface area contributed by atoms with Gasteiger partial charge in [0.2, 0.25) is 0 Å². The van der Waals surface area contributed by atoms with Crippen molar-refractivity contribution in [3.63, 3.8) is 0 Å². The van der Waals surface area contributed by atoms with Crippen LogP contribution in [0.4, 0.5) is 0 Å². The van der Waals surface area contributed by atoms with Gasteiger partial charge in [-0.05, 0) is 36.4 Å². The van der Waals surface area contributed by atoms with Crippen molar-refractivity contribution in [2.75, 3.05) is 7.11 Å². The Hall–Kier alpha value is -2.98. The maximum Gasteiger partial charge on any atom is 0.170 e. The maximum atomic E-state index is 8.88. The van der Waals surface area contributed by atoms with Gasteiger partial charge >= 0.3 is 0 Å². The number of methoxy groups -OCH3 is 1. The zero-order valence-electron chi connectivity index (χ0n) is 10.3. The molecule has 4 heteroatoms. The fraction of sp³-hybridized carbons (Fsp3) is 0.0667. The van der Waals surface area contributed by atoms with Crippen molar-refractivity contribution in [2.45, 2.75) is 0 Å². The highest BCUT2D eigenvalue weighted by molar-refractivity contribution is 5.49. The van der Waals surface area contributed by atoms with Gasteiger partial charge in [-0.3, -0.25) is 0 Å². The zero-order chi connectivity index (χ0) is 13.7. The molecule has 0 bridgehead atoms. The first-order chi connectivity index (χ1) is 9.26. The fourth-order valence-corrected chi connectivity index (χ4v) is 1.55. The van der Waals surface area contributed by atoms with E-state index in [2.05, 4.69) is 0 Å². The van der Waals surface area contributed by atoms with Crippen LogP contribution in [0.2, 0.25) is 0 Å². The van der Waals surface area contributed by atoms with Crippen molar-refractivity contribution in [3.8, 4) is 29.4 Å². The standard InChI is InChI=1S/C15H10N2O2/c1-18-14-7-4-12(10-17)8-15(14)19-13-5-2-11(9-16)3-6-13/h2-8H,1H3. The molecule has 0 saturated heterocycles. The molecule has 0 N–H and O–H groups in total. The van der Waals surface area contributed by atoms with Crippen molar-refractivity contribution in [3.05, 3.63) is 53.6 Å². The summed E-state index contributed by atoms with van der Waals surface area (Å²) in [7, 11) is 1.53. The van der Waals surface area contributed by atoms with Crippen LogP contribution in [0.15, 0.2) is 42.5 Å². The molecule has 0 spiro atoms. The molecule has 0 unspecified atom stereocenters. The van der Waals surface area contributed by atoms with Crippen LogP contribution in [-0.2, 0) is 0 Å². The molecular formula is C15H10N2O2. The topological polar surface area (TPSA) is 66.0 Å². The highest BCUT2D eigenvalue weighted by Gasteiger charge is 2.07. The van der Waals surface area contributed by atoms with E-state index in [-0.39, 0.29) is 0 Å². The average molecular weight is 250 g/mol. The van der Waals surface area contributed by atoms with Crippen molar-refractivity contribution < 1.29 is 9.47 Å². The lowest BCUT2D eigenvalue weighted by Gasteiger charge is -2.10. The molecule has 0 aliphatic rings. The molecule has 0 aliphatic carbocycles. The number of ether oxygens (including phenoxy) is 2. The van der Waals surface area contributed by atoms with Gasteiger partial charge < -0.3 is 9.47 Å². The minimum Gasteiger partial charge on any atom is -0.493 e. The van der Waals surface area contributed by atoms with Crippen LogP contribution >= 0.6 is 0 Å². The Bertz CT molecular complexity index is 664. The monoisotopic (exact) mass is 250 g/mol. The van der Waals surface area contributed by atoms with Crippen molar-refractivity contribution in [1.29, 1.82) is 10.5 Å². The molecule has 2 rings (SSSR count). The van der Waals surface area contributed by atoms with Gasteiger partial charge in [0.25, 0.3) is 0 Å². The Morgan fingerprint density at radius 2 is 1.47 bits per heavy atom. The van der Waals surface area contributed by atoms with E-state index < -0.39 is 0 Å². The van der Waals surface area contributed by atoms with E-state index >= 15 is 0 Å². The minimum absolute atomic E-state index is 0.464. The molecule has 0 fully saturated rings. The second-order valence-electron chi connectivity index (χ2n) is 3.72. The molecule has 0 atom stereocenters. The van der Waals surface area contributed by atoms with E-state index in [1.54, 1.807) is 42.5 Å². The molecule has 2 aromatic carbocycles. The molecule has 0 aliphatic heterocycles. The third-order valence-corrected chi connectivity index (χ3v) is 2.50. The number of rotatable bonds is 3. The molecule has 92 valence electrons. The Morgan fingerprint density at radius 3 is 2.05 bits per heavy atom. The van der Waals surface area contributed by atoms with Gasteiger partial charge in [-0.15, -0.1) is 0 Å². The third kappa shape index (κ3) is 2.83. The van der Waals surface area contributed by atoms with E-state index in [0.717, 1.165) is 0 Å². The van der Waals surface area contributed by atoms with Gasteiger partial charge in [0.15, 0.2) is 11.5 Å². The van der Waals surface area contributed by atoms with E-state index in [1.807, 2.05) is 12.1 Å². The number of hydrogen-bond donors (Lipinski definition) is 0. The summed E-state index contributed by atoms with van der Waals surface area (Å²) in [6.07, 6.45) is 0. The summed E-state index contributed by atoms with van der Waals surface area (Å²) in [4.78, 5) is 0. The Kier molecular flexibility index (Phi) is 3.66. The maximum absolute atomic E-state index is 8.88. The van der Waals surface area contributed by atoms with Gasteiger partial charge in [0.1, 0.15) is 5.75 Å². The van der Waals surface area contributed by atoms with Gasteiger partial charge in [-0.25, -0.2) is 0 Å². The van der Waals surface area contributed by atoms with Crippen LogP contribution in [0.3, 0.4) is 0 Å². The predicted molar refractivity (Wildman–Crippen MR) is 68.9 cm³/mol. The number of nitriles is 2. The largest absolute Gasteiger partial charge is 0.493 e. The van der Waals surface area contributed by atoms with E-state index in [0.29, 0.717) is 28.4 Å². The fourth-order valence-electron chi connectivity index (χ4n) is 1.55. The summed E-state index contributed by atoms with van der Waals surface area (Å²) < 4.78 is 10.8. The Labute approximate surface area is 111 Å². The molecule has 0 aromatic heterocycles.